The minimum Gasteiger partial charge on any atom is -0.465 e. The van der Waals surface area contributed by atoms with Gasteiger partial charge in [0.05, 0.1) is 30.9 Å². The summed E-state index contributed by atoms with van der Waals surface area (Å²) in [5, 5.41) is 15.9. The zero-order chi connectivity index (χ0) is 23.5. The van der Waals surface area contributed by atoms with Crippen molar-refractivity contribution in [2.45, 2.75) is 25.1 Å². The topological polar surface area (TPSA) is 80.5 Å². The summed E-state index contributed by atoms with van der Waals surface area (Å²) in [6.07, 6.45) is 2.62. The van der Waals surface area contributed by atoms with Gasteiger partial charge in [0.1, 0.15) is 34.2 Å². The number of methoxy groups -OCH3 is 1. The average Bonchev–Trinajstić information content (AvgIpc) is 3.26. The number of esters is 1. The van der Waals surface area contributed by atoms with E-state index in [0.717, 1.165) is 12.1 Å². The van der Waals surface area contributed by atoms with Crippen LogP contribution in [-0.4, -0.2) is 43.3 Å². The van der Waals surface area contributed by atoms with Crippen molar-refractivity contribution in [1.29, 1.82) is 0 Å². The number of hydrogen-bond acceptors (Lipinski definition) is 6. The first-order chi connectivity index (χ1) is 15.2. The van der Waals surface area contributed by atoms with E-state index in [9.17, 15) is 18.7 Å². The van der Waals surface area contributed by atoms with Gasteiger partial charge in [-0.15, -0.1) is 12.6 Å². The van der Waals surface area contributed by atoms with Gasteiger partial charge in [-0.05, 0) is 25.1 Å². The van der Waals surface area contributed by atoms with Crippen LogP contribution >= 0.6 is 24.8 Å². The molecular formula is C21H20F2N4O3S2. The maximum atomic E-state index is 14.9. The maximum absolute atomic E-state index is 14.9. The van der Waals surface area contributed by atoms with E-state index >= 15 is 0 Å². The minimum atomic E-state index is -2.00. The summed E-state index contributed by atoms with van der Waals surface area (Å²) < 4.78 is 34.6. The molecule has 0 amide bonds. The largest absolute Gasteiger partial charge is 0.465 e. The fraction of sp³-hybridized carbons (Fsp3) is 0.238. The lowest BCUT2D eigenvalue weighted by molar-refractivity contribution is -0.00742. The first kappa shape index (κ1) is 23.8. The Labute approximate surface area is 194 Å². The fourth-order valence-corrected chi connectivity index (χ4v) is 4.04. The maximum Gasteiger partial charge on any atom is 0.339 e. The molecule has 11 heteroatoms. The van der Waals surface area contributed by atoms with Crippen molar-refractivity contribution in [3.05, 3.63) is 77.9 Å². The molecule has 0 saturated carbocycles. The Hall–Kier alpha value is -2.89. The molecule has 1 heterocycles. The summed E-state index contributed by atoms with van der Waals surface area (Å²) in [6.45, 7) is 1.33. The second-order valence-corrected chi connectivity index (χ2v) is 8.09. The van der Waals surface area contributed by atoms with Crippen molar-refractivity contribution in [2.75, 3.05) is 12.0 Å². The van der Waals surface area contributed by atoms with Crippen LogP contribution in [0.15, 0.2) is 55.1 Å². The summed E-state index contributed by atoms with van der Waals surface area (Å²) in [5.74, 6) is -2.37. The van der Waals surface area contributed by atoms with Crippen LogP contribution in [-0.2, 0) is 16.9 Å². The summed E-state index contributed by atoms with van der Waals surface area (Å²) in [4.78, 5) is 17.6. The zero-order valence-corrected chi connectivity index (χ0v) is 18.9. The lowest BCUT2D eigenvalue weighted by atomic mass is 9.85. The van der Waals surface area contributed by atoms with Gasteiger partial charge >= 0.3 is 5.97 Å². The molecule has 0 fully saturated rings. The van der Waals surface area contributed by atoms with E-state index in [-0.39, 0.29) is 22.0 Å². The Bertz CT molecular complexity index is 1130. The molecule has 0 aliphatic heterocycles. The van der Waals surface area contributed by atoms with Crippen LogP contribution in [0.25, 0.3) is 0 Å². The number of carbonyl (C=O) groups excluding carboxylic acids is 1. The molecule has 0 spiro atoms. The van der Waals surface area contributed by atoms with E-state index in [2.05, 4.69) is 22.7 Å². The number of thiol groups is 1. The average molecular weight is 479 g/mol. The number of aliphatic hydroxyl groups is 1. The van der Waals surface area contributed by atoms with Crippen molar-refractivity contribution < 1.29 is 23.4 Å². The van der Waals surface area contributed by atoms with E-state index in [0.29, 0.717) is 11.8 Å². The van der Waals surface area contributed by atoms with Gasteiger partial charge in [-0.1, -0.05) is 30.4 Å². The number of hydrogen-bond donors (Lipinski definition) is 2. The van der Waals surface area contributed by atoms with E-state index < -0.39 is 29.2 Å². The Balaban J connectivity index is 2.19. The third-order valence-electron chi connectivity index (χ3n) is 5.12. The summed E-state index contributed by atoms with van der Waals surface area (Å²) in [7, 11) is 1.24. The predicted octanol–water partition coefficient (Wildman–Crippen LogP) is 3.34. The summed E-state index contributed by atoms with van der Waals surface area (Å²) in [6, 6.07) is 8.32. The van der Waals surface area contributed by atoms with Crippen LogP contribution in [0.3, 0.4) is 0 Å². The molecule has 1 N–H and O–H groups in total. The highest BCUT2D eigenvalue weighted by molar-refractivity contribution is 8.11. The standard InChI is InChI=1S/C21H20F2N4O3S2/c1-13(27(20(31)32)18-6-4-3-5-15(18)19(28)30-2)21(29,10-26-12-24-11-25-26)16-8-7-14(22)9-17(16)23/h3-9,11-13,29H,10H2,1-2H3,(H,31,32)/t13-,21-/m1/s1. The van der Waals surface area contributed by atoms with Gasteiger partial charge in [0.25, 0.3) is 0 Å². The van der Waals surface area contributed by atoms with Crippen molar-refractivity contribution in [3.63, 3.8) is 0 Å². The number of para-hydroxylation sites is 1. The second kappa shape index (κ2) is 9.72. The number of benzene rings is 2. The van der Waals surface area contributed by atoms with Crippen molar-refractivity contribution >= 4 is 40.8 Å². The number of anilines is 1. The van der Waals surface area contributed by atoms with Gasteiger partial charge in [0.2, 0.25) is 0 Å². The number of carbonyl (C=O) groups is 1. The molecule has 0 saturated heterocycles. The molecular weight excluding hydrogens is 458 g/mol. The molecule has 0 unspecified atom stereocenters. The van der Waals surface area contributed by atoms with Crippen molar-refractivity contribution in [2.24, 2.45) is 0 Å². The van der Waals surface area contributed by atoms with Crippen LogP contribution in [0.1, 0.15) is 22.8 Å². The normalized spacial score (nSPS) is 13.8. The quantitative estimate of drug-likeness (QED) is 0.306. The van der Waals surface area contributed by atoms with Gasteiger partial charge in [-0.3, -0.25) is 0 Å². The predicted molar refractivity (Wildman–Crippen MR) is 122 cm³/mol. The molecule has 32 heavy (non-hydrogen) atoms. The van der Waals surface area contributed by atoms with Crippen LogP contribution < -0.4 is 4.90 Å². The van der Waals surface area contributed by atoms with Gasteiger partial charge < -0.3 is 14.7 Å². The van der Waals surface area contributed by atoms with Crippen LogP contribution in [0.5, 0.6) is 0 Å². The molecule has 2 atom stereocenters. The van der Waals surface area contributed by atoms with E-state index in [1.165, 1.54) is 35.4 Å². The van der Waals surface area contributed by atoms with Crippen LogP contribution in [0.4, 0.5) is 14.5 Å². The highest BCUT2D eigenvalue weighted by Gasteiger charge is 2.43. The molecule has 3 aromatic rings. The lowest BCUT2D eigenvalue weighted by Crippen LogP contribution is -2.53. The van der Waals surface area contributed by atoms with Crippen LogP contribution in [0, 0.1) is 11.6 Å². The molecule has 3 rings (SSSR count). The number of thiocarbonyl (C=S) groups is 1. The van der Waals surface area contributed by atoms with E-state index in [1.807, 2.05) is 0 Å². The van der Waals surface area contributed by atoms with Crippen LogP contribution in [0.2, 0.25) is 0 Å². The third-order valence-corrected chi connectivity index (χ3v) is 5.53. The summed E-state index contributed by atoms with van der Waals surface area (Å²) in [5.41, 5.74) is -1.72. The summed E-state index contributed by atoms with van der Waals surface area (Å²) >= 11 is 9.61. The fourth-order valence-electron chi connectivity index (χ4n) is 3.50. The molecule has 1 aromatic heterocycles. The zero-order valence-electron chi connectivity index (χ0n) is 17.1. The number of halogens is 2. The highest BCUT2D eigenvalue weighted by Crippen LogP contribution is 2.36. The molecule has 0 radical (unpaired) electrons. The van der Waals surface area contributed by atoms with Gasteiger partial charge in [0.15, 0.2) is 0 Å². The Morgan fingerprint density at radius 2 is 2.06 bits per heavy atom. The van der Waals surface area contributed by atoms with Crippen molar-refractivity contribution in [1.82, 2.24) is 14.8 Å². The minimum absolute atomic E-state index is 0.00777. The Morgan fingerprint density at radius 3 is 2.66 bits per heavy atom. The molecule has 0 aliphatic rings. The Morgan fingerprint density at radius 1 is 1.34 bits per heavy atom. The monoisotopic (exact) mass is 478 g/mol. The third kappa shape index (κ3) is 4.64. The highest BCUT2D eigenvalue weighted by atomic mass is 32.1. The SMILES string of the molecule is COC(=O)c1ccccc1N(C(=S)S)[C@H](C)[C@](O)(Cn1cncn1)c1ccc(F)cc1F. The van der Waals surface area contributed by atoms with Gasteiger partial charge in [-0.2, -0.15) is 5.10 Å². The second-order valence-electron chi connectivity index (χ2n) is 6.98. The smallest absolute Gasteiger partial charge is 0.339 e. The first-order valence-electron chi connectivity index (χ1n) is 9.39. The molecule has 0 aliphatic carbocycles. The van der Waals surface area contributed by atoms with E-state index in [4.69, 9.17) is 17.0 Å². The Kier molecular flexibility index (Phi) is 7.22. The molecule has 168 valence electrons. The molecule has 2 aromatic carbocycles. The number of ether oxygens (including phenoxy) is 1. The lowest BCUT2D eigenvalue weighted by Gasteiger charge is -2.42. The number of aromatic nitrogens is 3. The molecule has 0 bridgehead atoms. The molecule has 7 nitrogen and oxygen atoms in total. The van der Waals surface area contributed by atoms with E-state index in [1.54, 1.807) is 25.1 Å². The van der Waals surface area contributed by atoms with Crippen molar-refractivity contribution in [3.8, 4) is 0 Å². The van der Waals surface area contributed by atoms with Gasteiger partial charge in [0, 0.05) is 11.6 Å². The first-order valence-corrected chi connectivity index (χ1v) is 10.2. The number of rotatable bonds is 7. The van der Waals surface area contributed by atoms with Gasteiger partial charge in [-0.25, -0.2) is 23.2 Å². The number of nitrogens with zero attached hydrogens (tertiary/aromatic N) is 4.